The molecule has 0 bridgehead atoms. The van der Waals surface area contributed by atoms with E-state index in [-0.39, 0.29) is 37.7 Å². The van der Waals surface area contributed by atoms with Crippen LogP contribution >= 0.6 is 0 Å². The molecule has 1 N–H and O–H groups in total. The Hall–Kier alpha value is -2.24. The van der Waals surface area contributed by atoms with E-state index in [4.69, 9.17) is 14.2 Å². The predicted molar refractivity (Wildman–Crippen MR) is 91.4 cm³/mol. The van der Waals surface area contributed by atoms with E-state index in [0.717, 1.165) is 30.6 Å². The predicted octanol–water partition coefficient (Wildman–Crippen LogP) is 2.59. The van der Waals surface area contributed by atoms with Crippen LogP contribution in [-0.4, -0.2) is 31.3 Å². The van der Waals surface area contributed by atoms with E-state index < -0.39 is 0 Å². The summed E-state index contributed by atoms with van der Waals surface area (Å²) in [7, 11) is 0. The summed E-state index contributed by atoms with van der Waals surface area (Å²) in [5.74, 6) is 1.32. The minimum Gasteiger partial charge on any atom is -0.456 e. The quantitative estimate of drug-likeness (QED) is 0.801. The summed E-state index contributed by atoms with van der Waals surface area (Å²) in [5, 5.41) is 2.98. The summed E-state index contributed by atoms with van der Waals surface area (Å²) < 4.78 is 15.7. The second kappa shape index (κ2) is 8.23. The Morgan fingerprint density at radius 3 is 2.84 bits per heavy atom. The highest BCUT2D eigenvalue weighted by atomic mass is 16.7. The zero-order chi connectivity index (χ0) is 17.6. The number of aryl methyl sites for hydroxylation is 1. The molecule has 1 aliphatic carbocycles. The van der Waals surface area contributed by atoms with Gasteiger partial charge in [0, 0.05) is 12.5 Å². The molecular formula is C19H25NO5. The maximum Gasteiger partial charge on any atom is 0.306 e. The van der Waals surface area contributed by atoms with Crippen molar-refractivity contribution in [2.75, 3.05) is 13.4 Å². The number of benzene rings is 1. The fourth-order valence-electron chi connectivity index (χ4n) is 3.34. The van der Waals surface area contributed by atoms with Crippen LogP contribution in [0, 0.1) is 5.92 Å². The van der Waals surface area contributed by atoms with Crippen molar-refractivity contribution >= 4 is 11.9 Å². The van der Waals surface area contributed by atoms with Crippen molar-refractivity contribution in [2.45, 2.75) is 51.5 Å². The number of carbonyl (C=O) groups excluding carboxylic acids is 2. The third kappa shape index (κ3) is 4.87. The molecule has 1 heterocycles. The van der Waals surface area contributed by atoms with Crippen molar-refractivity contribution in [3.05, 3.63) is 23.8 Å². The first-order chi connectivity index (χ1) is 12.1. The van der Waals surface area contributed by atoms with Gasteiger partial charge in [-0.3, -0.25) is 9.59 Å². The minimum absolute atomic E-state index is 0.202. The van der Waals surface area contributed by atoms with Crippen LogP contribution in [-0.2, 0) is 20.7 Å². The summed E-state index contributed by atoms with van der Waals surface area (Å²) in [4.78, 5) is 23.8. The van der Waals surface area contributed by atoms with Crippen molar-refractivity contribution < 1.29 is 23.8 Å². The van der Waals surface area contributed by atoms with Gasteiger partial charge in [0.05, 0.1) is 0 Å². The van der Waals surface area contributed by atoms with E-state index >= 15 is 0 Å². The lowest BCUT2D eigenvalue weighted by Crippen LogP contribution is -2.42. The first-order valence-electron chi connectivity index (χ1n) is 8.95. The third-order valence-electron chi connectivity index (χ3n) is 4.88. The molecular weight excluding hydrogens is 322 g/mol. The molecule has 1 fully saturated rings. The molecule has 0 aromatic heterocycles. The van der Waals surface area contributed by atoms with Crippen LogP contribution in [0.25, 0.3) is 0 Å². The number of ether oxygens (including phenoxy) is 3. The van der Waals surface area contributed by atoms with Crippen molar-refractivity contribution in [3.63, 3.8) is 0 Å². The molecule has 3 rings (SSSR count). The standard InChI is InChI=1S/C19H25NO5/c1-13-4-2-3-5-15(13)20-18(21)11-23-19(22)9-7-14-6-8-16-17(10-14)25-12-24-16/h6,8,10,13,15H,2-5,7,9,11-12H2,1H3,(H,20,21)/t13-,15-/m1/s1. The lowest BCUT2D eigenvalue weighted by atomic mass is 9.86. The molecule has 1 aliphatic heterocycles. The highest BCUT2D eigenvalue weighted by Crippen LogP contribution is 2.32. The molecule has 1 aromatic carbocycles. The van der Waals surface area contributed by atoms with E-state index in [9.17, 15) is 9.59 Å². The molecule has 2 aliphatic rings. The average Bonchev–Trinajstić information content (AvgIpc) is 3.08. The lowest BCUT2D eigenvalue weighted by molar-refractivity contribution is -0.148. The summed E-state index contributed by atoms with van der Waals surface area (Å²) in [6, 6.07) is 5.81. The summed E-state index contributed by atoms with van der Waals surface area (Å²) >= 11 is 0. The number of carbonyl (C=O) groups is 2. The Bertz CT molecular complexity index is 630. The van der Waals surface area contributed by atoms with Gasteiger partial charge in [0.1, 0.15) is 0 Å². The zero-order valence-corrected chi connectivity index (χ0v) is 14.6. The Morgan fingerprint density at radius 1 is 1.20 bits per heavy atom. The van der Waals surface area contributed by atoms with Crippen LogP contribution in [0.1, 0.15) is 44.6 Å². The van der Waals surface area contributed by atoms with Gasteiger partial charge in [0.25, 0.3) is 5.91 Å². The first kappa shape index (κ1) is 17.6. The summed E-state index contributed by atoms with van der Waals surface area (Å²) in [6.07, 6.45) is 5.28. The van der Waals surface area contributed by atoms with Crippen LogP contribution in [0.3, 0.4) is 0 Å². The third-order valence-corrected chi connectivity index (χ3v) is 4.88. The molecule has 0 radical (unpaired) electrons. The van der Waals surface area contributed by atoms with Crippen molar-refractivity contribution in [1.29, 1.82) is 0 Å². The van der Waals surface area contributed by atoms with Gasteiger partial charge in [0.2, 0.25) is 6.79 Å². The molecule has 1 aromatic rings. The van der Waals surface area contributed by atoms with Gasteiger partial charge >= 0.3 is 5.97 Å². The van der Waals surface area contributed by atoms with Gasteiger partial charge in [-0.25, -0.2) is 0 Å². The second-order valence-corrected chi connectivity index (χ2v) is 6.78. The monoisotopic (exact) mass is 347 g/mol. The van der Waals surface area contributed by atoms with Crippen molar-refractivity contribution in [3.8, 4) is 11.5 Å². The van der Waals surface area contributed by atoms with Gasteiger partial charge < -0.3 is 19.5 Å². The second-order valence-electron chi connectivity index (χ2n) is 6.78. The molecule has 1 amide bonds. The summed E-state index contributed by atoms with van der Waals surface area (Å²) in [6.45, 7) is 2.18. The highest BCUT2D eigenvalue weighted by molar-refractivity contribution is 5.80. The number of esters is 1. The topological polar surface area (TPSA) is 73.9 Å². The van der Waals surface area contributed by atoms with Crippen molar-refractivity contribution in [2.24, 2.45) is 5.92 Å². The Kier molecular flexibility index (Phi) is 5.79. The fourth-order valence-corrected chi connectivity index (χ4v) is 3.34. The molecule has 0 spiro atoms. The Labute approximate surface area is 147 Å². The average molecular weight is 347 g/mol. The van der Waals surface area contributed by atoms with Crippen LogP contribution in [0.2, 0.25) is 0 Å². The number of hydrogen-bond donors (Lipinski definition) is 1. The minimum atomic E-state index is -0.371. The van der Waals surface area contributed by atoms with Crippen LogP contribution < -0.4 is 14.8 Å². The molecule has 0 unspecified atom stereocenters. The van der Waals surface area contributed by atoms with Crippen LogP contribution in [0.15, 0.2) is 18.2 Å². The van der Waals surface area contributed by atoms with Gasteiger partial charge in [0.15, 0.2) is 18.1 Å². The van der Waals surface area contributed by atoms with Crippen LogP contribution in [0.4, 0.5) is 0 Å². The van der Waals surface area contributed by atoms with E-state index in [1.165, 1.54) is 6.42 Å². The largest absolute Gasteiger partial charge is 0.456 e. The fraction of sp³-hybridized carbons (Fsp3) is 0.579. The molecule has 1 saturated carbocycles. The zero-order valence-electron chi connectivity index (χ0n) is 14.6. The van der Waals surface area contributed by atoms with E-state index in [2.05, 4.69) is 12.2 Å². The van der Waals surface area contributed by atoms with Gasteiger partial charge in [-0.2, -0.15) is 0 Å². The van der Waals surface area contributed by atoms with E-state index in [1.807, 2.05) is 18.2 Å². The normalized spacial score (nSPS) is 21.6. The SMILES string of the molecule is C[C@@H]1CCCC[C@H]1NC(=O)COC(=O)CCc1ccc2c(c1)OCO2. The van der Waals surface area contributed by atoms with Gasteiger partial charge in [-0.1, -0.05) is 25.8 Å². The number of nitrogens with one attached hydrogen (secondary N) is 1. The molecule has 6 nitrogen and oxygen atoms in total. The molecule has 0 saturated heterocycles. The maximum atomic E-state index is 11.9. The lowest BCUT2D eigenvalue weighted by Gasteiger charge is -2.29. The van der Waals surface area contributed by atoms with Crippen molar-refractivity contribution in [1.82, 2.24) is 5.32 Å². The molecule has 2 atom stereocenters. The van der Waals surface area contributed by atoms with E-state index in [1.54, 1.807) is 0 Å². The van der Waals surface area contributed by atoms with Crippen LogP contribution in [0.5, 0.6) is 11.5 Å². The van der Waals surface area contributed by atoms with Gasteiger partial charge in [-0.15, -0.1) is 0 Å². The summed E-state index contributed by atoms with van der Waals surface area (Å²) in [5.41, 5.74) is 0.974. The van der Waals surface area contributed by atoms with E-state index in [0.29, 0.717) is 18.1 Å². The smallest absolute Gasteiger partial charge is 0.306 e. The molecule has 6 heteroatoms. The molecule has 136 valence electrons. The number of rotatable bonds is 6. The Balaban J connectivity index is 1.37. The highest BCUT2D eigenvalue weighted by Gasteiger charge is 2.23. The Morgan fingerprint density at radius 2 is 2.00 bits per heavy atom. The number of amides is 1. The number of fused-ring (bicyclic) bond motifs is 1. The first-order valence-corrected chi connectivity index (χ1v) is 8.95. The van der Waals surface area contributed by atoms with Gasteiger partial charge in [-0.05, 0) is 42.9 Å². The maximum absolute atomic E-state index is 11.9. The number of hydrogen-bond acceptors (Lipinski definition) is 5. The molecule has 25 heavy (non-hydrogen) atoms.